The van der Waals surface area contributed by atoms with Crippen LogP contribution in [0.5, 0.6) is 0 Å². The molecule has 0 aromatic carbocycles. The summed E-state index contributed by atoms with van der Waals surface area (Å²) in [6.07, 6.45) is -2.88. The molecule has 0 radical (unpaired) electrons. The SMILES string of the molecule is CC(C)OC1[C@@H](COP(=O)(S)OC2[C@@H](COP(=O)(O)OC(C)C)O[C@@H](C)[C@H]2C)O[C@@H](C)[C@H]1C. The van der Waals surface area contributed by atoms with Crippen molar-refractivity contribution < 1.29 is 46.3 Å². The highest BCUT2D eigenvalue weighted by molar-refractivity contribution is 8.44. The minimum absolute atomic E-state index is 0.00816. The molecule has 0 bridgehead atoms. The molecule has 0 saturated carbocycles. The van der Waals surface area contributed by atoms with Crippen molar-refractivity contribution in [1.29, 1.82) is 0 Å². The summed E-state index contributed by atoms with van der Waals surface area (Å²) < 4.78 is 64.2. The van der Waals surface area contributed by atoms with Gasteiger partial charge in [-0.25, -0.2) is 9.13 Å². The fourth-order valence-electron chi connectivity index (χ4n) is 3.94. The first-order valence-electron chi connectivity index (χ1n) is 11.4. The molecule has 2 fully saturated rings. The van der Waals surface area contributed by atoms with E-state index in [9.17, 15) is 14.0 Å². The number of ether oxygens (including phenoxy) is 3. The van der Waals surface area contributed by atoms with Crippen LogP contribution < -0.4 is 0 Å². The van der Waals surface area contributed by atoms with Crippen molar-refractivity contribution in [2.45, 2.75) is 104 Å². The molecule has 13 heteroatoms. The fraction of sp³-hybridized carbons (Fsp3) is 1.00. The number of hydrogen-bond donors (Lipinski definition) is 2. The van der Waals surface area contributed by atoms with Gasteiger partial charge in [0.1, 0.15) is 18.3 Å². The van der Waals surface area contributed by atoms with Crippen molar-refractivity contribution in [3.8, 4) is 0 Å². The monoisotopic (exact) mass is 534 g/mol. The van der Waals surface area contributed by atoms with Gasteiger partial charge in [0.25, 0.3) is 0 Å². The molecular weight excluding hydrogens is 494 g/mol. The lowest BCUT2D eigenvalue weighted by Gasteiger charge is -2.27. The lowest BCUT2D eigenvalue weighted by molar-refractivity contribution is -0.0654. The molecule has 10 atom stereocenters. The number of hydrogen-bond acceptors (Lipinski definition) is 9. The van der Waals surface area contributed by atoms with Gasteiger partial charge in [-0.2, -0.15) is 0 Å². The molecule has 2 saturated heterocycles. The smallest absolute Gasteiger partial charge is 0.372 e. The van der Waals surface area contributed by atoms with E-state index in [4.69, 9.17) is 32.3 Å². The fourth-order valence-corrected chi connectivity index (χ4v) is 6.43. The third kappa shape index (κ3) is 8.83. The molecule has 196 valence electrons. The van der Waals surface area contributed by atoms with Crippen LogP contribution in [-0.2, 0) is 41.4 Å². The highest BCUT2D eigenvalue weighted by atomic mass is 32.7. The average Bonchev–Trinajstić information content (AvgIpc) is 3.08. The molecule has 10 nitrogen and oxygen atoms in total. The molecule has 0 aromatic rings. The largest absolute Gasteiger partial charge is 0.472 e. The third-order valence-electron chi connectivity index (χ3n) is 5.86. The zero-order valence-electron chi connectivity index (χ0n) is 20.7. The lowest BCUT2D eigenvalue weighted by Crippen LogP contribution is -2.35. The van der Waals surface area contributed by atoms with Gasteiger partial charge < -0.3 is 19.1 Å². The van der Waals surface area contributed by atoms with E-state index < -0.39 is 39.0 Å². The summed E-state index contributed by atoms with van der Waals surface area (Å²) in [6, 6.07) is 0. The summed E-state index contributed by atoms with van der Waals surface area (Å²) in [6.45, 7) is 10.7. The molecule has 33 heavy (non-hydrogen) atoms. The zero-order valence-corrected chi connectivity index (χ0v) is 23.3. The van der Waals surface area contributed by atoms with Gasteiger partial charge in [0.2, 0.25) is 0 Å². The maximum atomic E-state index is 13.1. The minimum Gasteiger partial charge on any atom is -0.372 e. The number of phosphoric acid groups is 1. The van der Waals surface area contributed by atoms with Gasteiger partial charge in [0.15, 0.2) is 0 Å². The number of rotatable bonds is 12. The van der Waals surface area contributed by atoms with Crippen LogP contribution in [0, 0.1) is 11.8 Å². The Kier molecular flexibility index (Phi) is 10.9. The quantitative estimate of drug-likeness (QED) is 0.271. The molecular formula is C20H40O10P2S. The molecule has 4 unspecified atom stereocenters. The van der Waals surface area contributed by atoms with Gasteiger partial charge in [-0.15, -0.1) is 0 Å². The van der Waals surface area contributed by atoms with E-state index in [-0.39, 0.29) is 49.5 Å². The van der Waals surface area contributed by atoms with Gasteiger partial charge in [-0.05, 0) is 41.5 Å². The van der Waals surface area contributed by atoms with Gasteiger partial charge in [0, 0.05) is 11.8 Å². The predicted molar refractivity (Wildman–Crippen MR) is 126 cm³/mol. The van der Waals surface area contributed by atoms with E-state index in [1.807, 2.05) is 41.5 Å². The minimum atomic E-state index is -4.26. The van der Waals surface area contributed by atoms with E-state index in [1.165, 1.54) is 0 Å². The first-order chi connectivity index (χ1) is 15.1. The van der Waals surface area contributed by atoms with Crippen LogP contribution in [0.1, 0.15) is 55.4 Å². The topological polar surface area (TPSA) is 119 Å². The van der Waals surface area contributed by atoms with Gasteiger partial charge in [-0.1, -0.05) is 26.1 Å². The van der Waals surface area contributed by atoms with E-state index in [0.29, 0.717) is 0 Å². The molecule has 2 heterocycles. The van der Waals surface area contributed by atoms with Crippen LogP contribution in [0.2, 0.25) is 0 Å². The molecule has 1 N–H and O–H groups in total. The van der Waals surface area contributed by atoms with Crippen molar-refractivity contribution in [2.24, 2.45) is 11.8 Å². The average molecular weight is 535 g/mol. The van der Waals surface area contributed by atoms with Crippen LogP contribution in [0.25, 0.3) is 0 Å². The molecule has 0 amide bonds. The van der Waals surface area contributed by atoms with Crippen LogP contribution >= 0.6 is 26.9 Å². The van der Waals surface area contributed by atoms with Crippen molar-refractivity contribution in [3.05, 3.63) is 0 Å². The van der Waals surface area contributed by atoms with Crippen molar-refractivity contribution >= 4 is 26.9 Å². The van der Waals surface area contributed by atoms with Gasteiger partial charge >= 0.3 is 14.6 Å². The second kappa shape index (κ2) is 12.2. The molecule has 2 aliphatic heterocycles. The van der Waals surface area contributed by atoms with Crippen LogP contribution in [-0.4, -0.2) is 66.9 Å². The summed E-state index contributed by atoms with van der Waals surface area (Å²) in [5, 5.41) is 0. The maximum Gasteiger partial charge on any atom is 0.472 e. The molecule has 2 aliphatic rings. The zero-order chi connectivity index (χ0) is 25.1. The van der Waals surface area contributed by atoms with Crippen LogP contribution in [0.3, 0.4) is 0 Å². The van der Waals surface area contributed by atoms with Crippen molar-refractivity contribution in [3.63, 3.8) is 0 Å². The van der Waals surface area contributed by atoms with Crippen LogP contribution in [0.15, 0.2) is 0 Å². The highest BCUT2D eigenvalue weighted by Gasteiger charge is 2.46. The highest BCUT2D eigenvalue weighted by Crippen LogP contribution is 2.57. The normalized spacial score (nSPS) is 38.7. The standard InChI is InChI=1S/C20H40O10P2S/c1-11(2)26-19-13(5)15(7)27-17(19)10-25-32(23,33)30-20-14(6)16(8)28-18(20)9-24-31(21,22)29-12(3)4/h11-20H,9-10H2,1-8H3,(H,21,22)(H,23,33)/t13-,14-,15+,16+,17-,18-,19?,20?,32?/m1/s1. The van der Waals surface area contributed by atoms with E-state index >= 15 is 0 Å². The Hall–Kier alpha value is 0.490. The molecule has 0 aliphatic carbocycles. The van der Waals surface area contributed by atoms with E-state index in [1.54, 1.807) is 13.8 Å². The summed E-state index contributed by atoms with van der Waals surface area (Å²) in [5.41, 5.74) is 0. The van der Waals surface area contributed by atoms with E-state index in [2.05, 4.69) is 12.2 Å². The Labute approximate surface area is 202 Å². The summed E-state index contributed by atoms with van der Waals surface area (Å²) in [7, 11) is -4.26. The first-order valence-corrected chi connectivity index (χ1v) is 15.6. The Morgan fingerprint density at radius 3 is 1.85 bits per heavy atom. The number of phosphoric ester groups is 1. The van der Waals surface area contributed by atoms with E-state index in [0.717, 1.165) is 0 Å². The summed E-state index contributed by atoms with van der Waals surface area (Å²) in [5.74, 6) is -0.0411. The summed E-state index contributed by atoms with van der Waals surface area (Å²) in [4.78, 5) is 9.83. The Bertz CT molecular complexity index is 723. The Balaban J connectivity index is 1.99. The van der Waals surface area contributed by atoms with Gasteiger partial charge in [0.05, 0.1) is 43.7 Å². The third-order valence-corrected chi connectivity index (χ3v) is 8.64. The summed E-state index contributed by atoms with van der Waals surface area (Å²) >= 11 is 4.15. The van der Waals surface area contributed by atoms with Crippen LogP contribution in [0.4, 0.5) is 0 Å². The molecule has 0 spiro atoms. The predicted octanol–water partition coefficient (Wildman–Crippen LogP) is 4.61. The van der Waals surface area contributed by atoms with Crippen molar-refractivity contribution in [2.75, 3.05) is 13.2 Å². The second-order valence-corrected chi connectivity index (χ2v) is 13.7. The second-order valence-electron chi connectivity index (χ2n) is 9.38. The maximum absolute atomic E-state index is 13.1. The Morgan fingerprint density at radius 1 is 0.848 bits per heavy atom. The first kappa shape index (κ1) is 29.7. The lowest BCUT2D eigenvalue weighted by atomic mass is 9.99. The Morgan fingerprint density at radius 2 is 1.33 bits per heavy atom. The van der Waals surface area contributed by atoms with Crippen molar-refractivity contribution in [1.82, 2.24) is 0 Å². The van der Waals surface area contributed by atoms with Gasteiger partial charge in [-0.3, -0.25) is 18.1 Å². The molecule has 2 rings (SSSR count). The number of thiol groups is 1. The molecule has 0 aromatic heterocycles.